The normalized spacial score (nSPS) is 12.0. The Bertz CT molecular complexity index is 457. The molecule has 0 saturated carbocycles. The fourth-order valence-electron chi connectivity index (χ4n) is 1.70. The summed E-state index contributed by atoms with van der Waals surface area (Å²) in [6, 6.07) is 5.28. The summed E-state index contributed by atoms with van der Waals surface area (Å²) >= 11 is 0. The minimum absolute atomic E-state index is 0.101. The molecule has 0 aliphatic heterocycles. The van der Waals surface area contributed by atoms with Crippen LogP contribution in [-0.2, 0) is 4.79 Å². The summed E-state index contributed by atoms with van der Waals surface area (Å²) in [5, 5.41) is 9.15. The fourth-order valence-corrected chi connectivity index (χ4v) is 1.70. The highest BCUT2D eigenvalue weighted by Gasteiger charge is 2.13. The molecule has 0 aliphatic rings. The molecule has 1 unspecified atom stereocenters. The Kier molecular flexibility index (Phi) is 6.31. The third-order valence-corrected chi connectivity index (χ3v) is 3.04. The van der Waals surface area contributed by atoms with Gasteiger partial charge in [-0.3, -0.25) is 9.59 Å². The van der Waals surface area contributed by atoms with Crippen molar-refractivity contribution in [3.63, 3.8) is 0 Å². The van der Waals surface area contributed by atoms with Crippen molar-refractivity contribution in [1.82, 2.24) is 4.90 Å². The maximum Gasteiger partial charge on any atom is 0.222 e. The average Bonchev–Trinajstić information content (AvgIpc) is 2.42. The van der Waals surface area contributed by atoms with Crippen molar-refractivity contribution in [2.45, 2.75) is 32.3 Å². The van der Waals surface area contributed by atoms with Crippen LogP contribution in [-0.4, -0.2) is 41.4 Å². The van der Waals surface area contributed by atoms with Gasteiger partial charge >= 0.3 is 0 Å². The van der Waals surface area contributed by atoms with Crippen molar-refractivity contribution in [2.24, 2.45) is 0 Å². The standard InChI is InChI=1S/C15H20FNO3/c1-11(18)9-10-17(2)15(20)8-7-14(19)12-3-5-13(16)6-4-12/h3-6,11,18H,7-10H2,1-2H3. The first-order valence-electron chi connectivity index (χ1n) is 6.61. The van der Waals surface area contributed by atoms with Crippen molar-refractivity contribution < 1.29 is 19.1 Å². The Morgan fingerprint density at radius 1 is 1.25 bits per heavy atom. The van der Waals surface area contributed by atoms with Crippen LogP contribution >= 0.6 is 0 Å². The second-order valence-corrected chi connectivity index (χ2v) is 4.88. The van der Waals surface area contributed by atoms with Crippen molar-refractivity contribution in [1.29, 1.82) is 0 Å². The maximum absolute atomic E-state index is 12.7. The Morgan fingerprint density at radius 3 is 2.40 bits per heavy atom. The first-order chi connectivity index (χ1) is 9.40. The van der Waals surface area contributed by atoms with Gasteiger partial charge in [-0.05, 0) is 37.6 Å². The Labute approximate surface area is 118 Å². The molecule has 1 amide bonds. The molecule has 20 heavy (non-hydrogen) atoms. The molecular weight excluding hydrogens is 261 g/mol. The Balaban J connectivity index is 2.40. The van der Waals surface area contributed by atoms with Gasteiger partial charge in [0, 0.05) is 32.0 Å². The van der Waals surface area contributed by atoms with Gasteiger partial charge in [-0.25, -0.2) is 4.39 Å². The van der Waals surface area contributed by atoms with E-state index in [2.05, 4.69) is 0 Å². The molecule has 0 aromatic heterocycles. The zero-order chi connectivity index (χ0) is 15.1. The minimum atomic E-state index is -0.453. The van der Waals surface area contributed by atoms with E-state index in [1.165, 1.54) is 29.2 Å². The summed E-state index contributed by atoms with van der Waals surface area (Å²) in [7, 11) is 1.65. The molecule has 0 heterocycles. The van der Waals surface area contributed by atoms with E-state index >= 15 is 0 Å². The van der Waals surface area contributed by atoms with Gasteiger partial charge in [-0.1, -0.05) is 0 Å². The molecule has 0 spiro atoms. The highest BCUT2D eigenvalue weighted by molar-refractivity contribution is 5.97. The Morgan fingerprint density at radius 2 is 1.85 bits per heavy atom. The lowest BCUT2D eigenvalue weighted by Crippen LogP contribution is -2.29. The van der Waals surface area contributed by atoms with E-state index < -0.39 is 11.9 Å². The number of ketones is 1. The van der Waals surface area contributed by atoms with E-state index in [0.717, 1.165) is 0 Å². The first-order valence-corrected chi connectivity index (χ1v) is 6.61. The number of amides is 1. The smallest absolute Gasteiger partial charge is 0.222 e. The van der Waals surface area contributed by atoms with E-state index in [1.54, 1.807) is 14.0 Å². The van der Waals surface area contributed by atoms with Gasteiger partial charge in [0.15, 0.2) is 5.78 Å². The van der Waals surface area contributed by atoms with Crippen LogP contribution in [0.1, 0.15) is 36.5 Å². The van der Waals surface area contributed by atoms with Crippen LogP contribution in [0.4, 0.5) is 4.39 Å². The topological polar surface area (TPSA) is 57.6 Å². The van der Waals surface area contributed by atoms with Gasteiger partial charge < -0.3 is 10.0 Å². The second-order valence-electron chi connectivity index (χ2n) is 4.88. The van der Waals surface area contributed by atoms with Crippen LogP contribution in [0.2, 0.25) is 0 Å². The number of halogens is 1. The number of Topliss-reactive ketones (excluding diaryl/α,β-unsaturated/α-hetero) is 1. The molecule has 5 heteroatoms. The van der Waals surface area contributed by atoms with Gasteiger partial charge in [-0.2, -0.15) is 0 Å². The van der Waals surface area contributed by atoms with E-state index in [4.69, 9.17) is 5.11 Å². The van der Waals surface area contributed by atoms with Gasteiger partial charge in [0.1, 0.15) is 5.82 Å². The van der Waals surface area contributed by atoms with E-state index in [-0.39, 0.29) is 24.5 Å². The highest BCUT2D eigenvalue weighted by Crippen LogP contribution is 2.08. The highest BCUT2D eigenvalue weighted by atomic mass is 19.1. The Hall–Kier alpha value is -1.75. The number of benzene rings is 1. The van der Waals surface area contributed by atoms with Gasteiger partial charge in [0.2, 0.25) is 5.91 Å². The maximum atomic E-state index is 12.7. The summed E-state index contributed by atoms with van der Waals surface area (Å²) < 4.78 is 12.7. The van der Waals surface area contributed by atoms with Crippen LogP contribution in [0.3, 0.4) is 0 Å². The zero-order valence-electron chi connectivity index (χ0n) is 11.8. The lowest BCUT2D eigenvalue weighted by Gasteiger charge is -2.17. The van der Waals surface area contributed by atoms with Crippen molar-refractivity contribution in [3.05, 3.63) is 35.6 Å². The predicted octanol–water partition coefficient (Wildman–Crippen LogP) is 2.02. The van der Waals surface area contributed by atoms with Gasteiger partial charge in [-0.15, -0.1) is 0 Å². The van der Waals surface area contributed by atoms with Crippen LogP contribution < -0.4 is 0 Å². The van der Waals surface area contributed by atoms with Crippen molar-refractivity contribution in [3.8, 4) is 0 Å². The molecule has 1 aromatic carbocycles. The molecule has 0 bridgehead atoms. The largest absolute Gasteiger partial charge is 0.393 e. The molecular formula is C15H20FNO3. The van der Waals surface area contributed by atoms with Crippen LogP contribution in [0.15, 0.2) is 24.3 Å². The van der Waals surface area contributed by atoms with Gasteiger partial charge in [0.25, 0.3) is 0 Å². The molecule has 1 aromatic rings. The summed E-state index contributed by atoms with van der Waals surface area (Å²) in [6.07, 6.45) is 0.274. The molecule has 110 valence electrons. The lowest BCUT2D eigenvalue weighted by molar-refractivity contribution is -0.130. The summed E-state index contributed by atoms with van der Waals surface area (Å²) in [5.41, 5.74) is 0.408. The quantitative estimate of drug-likeness (QED) is 0.778. The monoisotopic (exact) mass is 281 g/mol. The molecule has 1 atom stereocenters. The summed E-state index contributed by atoms with van der Waals surface area (Å²) in [5.74, 6) is -0.709. The third-order valence-electron chi connectivity index (χ3n) is 3.04. The second kappa shape index (κ2) is 7.75. The summed E-state index contributed by atoms with van der Waals surface area (Å²) in [6.45, 7) is 2.12. The van der Waals surface area contributed by atoms with E-state index in [1.807, 2.05) is 0 Å². The number of rotatable bonds is 7. The molecule has 1 rings (SSSR count). The van der Waals surface area contributed by atoms with E-state index in [0.29, 0.717) is 18.5 Å². The molecule has 0 saturated heterocycles. The SMILES string of the molecule is CC(O)CCN(C)C(=O)CCC(=O)c1ccc(F)cc1. The minimum Gasteiger partial charge on any atom is -0.393 e. The number of hydrogen-bond donors (Lipinski definition) is 1. The van der Waals surface area contributed by atoms with Crippen molar-refractivity contribution in [2.75, 3.05) is 13.6 Å². The van der Waals surface area contributed by atoms with Crippen LogP contribution in [0.5, 0.6) is 0 Å². The predicted molar refractivity (Wildman–Crippen MR) is 73.9 cm³/mol. The number of hydrogen-bond acceptors (Lipinski definition) is 3. The van der Waals surface area contributed by atoms with Crippen molar-refractivity contribution >= 4 is 11.7 Å². The van der Waals surface area contributed by atoms with Crippen LogP contribution in [0.25, 0.3) is 0 Å². The number of carbonyl (C=O) groups excluding carboxylic acids is 2. The third kappa shape index (κ3) is 5.48. The zero-order valence-corrected chi connectivity index (χ0v) is 11.8. The first kappa shape index (κ1) is 16.3. The number of carbonyl (C=O) groups is 2. The number of aliphatic hydroxyl groups excluding tert-OH is 1. The molecule has 1 N–H and O–H groups in total. The summed E-state index contributed by atoms with van der Waals surface area (Å²) in [4.78, 5) is 25.1. The molecule has 0 radical (unpaired) electrons. The lowest BCUT2D eigenvalue weighted by atomic mass is 10.1. The van der Waals surface area contributed by atoms with Crippen LogP contribution in [0, 0.1) is 5.82 Å². The molecule has 0 aliphatic carbocycles. The molecule has 4 nitrogen and oxygen atoms in total. The number of nitrogens with zero attached hydrogens (tertiary/aromatic N) is 1. The number of aliphatic hydroxyl groups is 1. The average molecular weight is 281 g/mol. The fraction of sp³-hybridized carbons (Fsp3) is 0.467. The van der Waals surface area contributed by atoms with Gasteiger partial charge in [0.05, 0.1) is 6.10 Å². The molecule has 0 fully saturated rings. The van der Waals surface area contributed by atoms with E-state index in [9.17, 15) is 14.0 Å².